The van der Waals surface area contributed by atoms with Gasteiger partial charge in [-0.3, -0.25) is 0 Å². The van der Waals surface area contributed by atoms with Gasteiger partial charge in [-0.25, -0.2) is 23.1 Å². The van der Waals surface area contributed by atoms with Crippen molar-refractivity contribution in [1.82, 2.24) is 14.7 Å². The van der Waals surface area contributed by atoms with Crippen LogP contribution in [0.4, 0.5) is 5.95 Å². The SMILES string of the molecule is CC(C)CS(=O)(=O)NCC1CCN(c2ncccn2)CC1. The van der Waals surface area contributed by atoms with Gasteiger partial charge in [-0.05, 0) is 30.7 Å². The third-order valence-corrected chi connectivity index (χ3v) is 5.31. The quantitative estimate of drug-likeness (QED) is 0.856. The summed E-state index contributed by atoms with van der Waals surface area (Å²) in [7, 11) is -3.13. The first-order valence-corrected chi connectivity index (χ1v) is 9.11. The van der Waals surface area contributed by atoms with Gasteiger partial charge in [-0.1, -0.05) is 13.8 Å². The lowest BCUT2D eigenvalue weighted by atomic mass is 9.97. The fourth-order valence-electron chi connectivity index (χ4n) is 2.53. The van der Waals surface area contributed by atoms with Crippen molar-refractivity contribution in [3.8, 4) is 0 Å². The second-order valence-corrected chi connectivity index (χ2v) is 7.85. The molecule has 6 nitrogen and oxygen atoms in total. The van der Waals surface area contributed by atoms with Gasteiger partial charge >= 0.3 is 0 Å². The van der Waals surface area contributed by atoms with Crippen LogP contribution in [0.3, 0.4) is 0 Å². The molecule has 0 atom stereocenters. The van der Waals surface area contributed by atoms with Crippen LogP contribution in [-0.4, -0.2) is 43.8 Å². The molecular formula is C14H24N4O2S. The molecule has 1 saturated heterocycles. The number of hydrogen-bond donors (Lipinski definition) is 1. The molecule has 2 rings (SSSR count). The zero-order valence-corrected chi connectivity index (χ0v) is 13.5. The third kappa shape index (κ3) is 5.24. The summed E-state index contributed by atoms with van der Waals surface area (Å²) in [6.07, 6.45) is 5.41. The van der Waals surface area contributed by atoms with Gasteiger partial charge < -0.3 is 4.90 Å². The van der Waals surface area contributed by atoms with Crippen LogP contribution in [0.25, 0.3) is 0 Å². The highest BCUT2D eigenvalue weighted by atomic mass is 32.2. The predicted octanol–water partition coefficient (Wildman–Crippen LogP) is 1.27. The Hall–Kier alpha value is -1.21. The summed E-state index contributed by atoms with van der Waals surface area (Å²) >= 11 is 0. The molecule has 0 bridgehead atoms. The summed E-state index contributed by atoms with van der Waals surface area (Å²) in [5.41, 5.74) is 0. The normalized spacial score (nSPS) is 17.4. The maximum absolute atomic E-state index is 11.8. The van der Waals surface area contributed by atoms with Crippen molar-refractivity contribution in [1.29, 1.82) is 0 Å². The average molecular weight is 312 g/mol. The number of aromatic nitrogens is 2. The number of anilines is 1. The van der Waals surface area contributed by atoms with Crippen LogP contribution in [0.2, 0.25) is 0 Å². The molecule has 1 aliphatic heterocycles. The Bertz CT molecular complexity index is 525. The minimum absolute atomic E-state index is 0.152. The van der Waals surface area contributed by atoms with E-state index >= 15 is 0 Å². The molecule has 0 unspecified atom stereocenters. The Balaban J connectivity index is 1.77. The van der Waals surface area contributed by atoms with Crippen LogP contribution in [0.15, 0.2) is 18.5 Å². The van der Waals surface area contributed by atoms with E-state index in [2.05, 4.69) is 19.6 Å². The van der Waals surface area contributed by atoms with E-state index in [0.29, 0.717) is 12.5 Å². The van der Waals surface area contributed by atoms with Crippen LogP contribution in [-0.2, 0) is 10.0 Å². The summed E-state index contributed by atoms with van der Waals surface area (Å²) in [6.45, 7) is 6.12. The highest BCUT2D eigenvalue weighted by Crippen LogP contribution is 2.19. The number of rotatable bonds is 6. The maximum atomic E-state index is 11.8. The molecule has 0 spiro atoms. The molecular weight excluding hydrogens is 288 g/mol. The Morgan fingerprint density at radius 3 is 2.48 bits per heavy atom. The first-order valence-electron chi connectivity index (χ1n) is 7.45. The Labute approximate surface area is 127 Å². The van der Waals surface area contributed by atoms with Gasteiger partial charge in [-0.2, -0.15) is 0 Å². The number of nitrogens with one attached hydrogen (secondary N) is 1. The predicted molar refractivity (Wildman–Crippen MR) is 83.6 cm³/mol. The van der Waals surface area contributed by atoms with Crippen molar-refractivity contribution in [3.05, 3.63) is 18.5 Å². The van der Waals surface area contributed by atoms with E-state index in [4.69, 9.17) is 0 Å². The van der Waals surface area contributed by atoms with E-state index in [9.17, 15) is 8.42 Å². The van der Waals surface area contributed by atoms with Crippen LogP contribution in [0.5, 0.6) is 0 Å². The molecule has 0 amide bonds. The molecule has 7 heteroatoms. The molecule has 1 aromatic rings. The molecule has 0 saturated carbocycles. The molecule has 1 aliphatic rings. The van der Waals surface area contributed by atoms with E-state index in [0.717, 1.165) is 31.9 Å². The van der Waals surface area contributed by atoms with Gasteiger partial charge in [0, 0.05) is 32.0 Å². The van der Waals surface area contributed by atoms with E-state index in [1.165, 1.54) is 0 Å². The average Bonchev–Trinajstić information content (AvgIpc) is 2.45. The van der Waals surface area contributed by atoms with Crippen molar-refractivity contribution >= 4 is 16.0 Å². The molecule has 0 radical (unpaired) electrons. The minimum atomic E-state index is -3.13. The highest BCUT2D eigenvalue weighted by Gasteiger charge is 2.22. The fourth-order valence-corrected chi connectivity index (χ4v) is 4.02. The summed E-state index contributed by atoms with van der Waals surface area (Å²) in [5.74, 6) is 1.51. The summed E-state index contributed by atoms with van der Waals surface area (Å²) < 4.78 is 26.4. The molecule has 0 aliphatic carbocycles. The molecule has 0 aromatic carbocycles. The van der Waals surface area contributed by atoms with Gasteiger partial charge in [-0.15, -0.1) is 0 Å². The molecule has 1 aromatic heterocycles. The van der Waals surface area contributed by atoms with Gasteiger partial charge in [0.05, 0.1) is 5.75 Å². The number of piperidine rings is 1. The van der Waals surface area contributed by atoms with Crippen LogP contribution >= 0.6 is 0 Å². The molecule has 21 heavy (non-hydrogen) atoms. The number of sulfonamides is 1. The van der Waals surface area contributed by atoms with Gasteiger partial charge in [0.25, 0.3) is 0 Å². The zero-order valence-electron chi connectivity index (χ0n) is 12.7. The number of hydrogen-bond acceptors (Lipinski definition) is 5. The Morgan fingerprint density at radius 1 is 1.29 bits per heavy atom. The van der Waals surface area contributed by atoms with Crippen molar-refractivity contribution in [3.63, 3.8) is 0 Å². The Morgan fingerprint density at radius 2 is 1.90 bits per heavy atom. The van der Waals surface area contributed by atoms with Crippen molar-refractivity contribution in [2.45, 2.75) is 26.7 Å². The summed E-state index contributed by atoms with van der Waals surface area (Å²) in [5, 5.41) is 0. The lowest BCUT2D eigenvalue weighted by Gasteiger charge is -2.31. The first kappa shape index (κ1) is 16.2. The van der Waals surface area contributed by atoms with E-state index in [-0.39, 0.29) is 11.7 Å². The lowest BCUT2D eigenvalue weighted by molar-refractivity contribution is 0.398. The fraction of sp³-hybridized carbons (Fsp3) is 0.714. The van der Waals surface area contributed by atoms with Crippen molar-refractivity contribution in [2.75, 3.05) is 30.3 Å². The lowest BCUT2D eigenvalue weighted by Crippen LogP contribution is -2.40. The minimum Gasteiger partial charge on any atom is -0.341 e. The smallest absolute Gasteiger partial charge is 0.225 e. The number of nitrogens with zero attached hydrogens (tertiary/aromatic N) is 3. The van der Waals surface area contributed by atoms with Gasteiger partial charge in [0.15, 0.2) is 0 Å². The maximum Gasteiger partial charge on any atom is 0.225 e. The molecule has 1 fully saturated rings. The van der Waals surface area contributed by atoms with E-state index < -0.39 is 10.0 Å². The zero-order chi connectivity index (χ0) is 15.3. The van der Waals surface area contributed by atoms with E-state index in [1.54, 1.807) is 18.5 Å². The van der Waals surface area contributed by atoms with Gasteiger partial charge in [0.1, 0.15) is 0 Å². The van der Waals surface area contributed by atoms with Crippen molar-refractivity contribution < 1.29 is 8.42 Å². The van der Waals surface area contributed by atoms with Crippen molar-refractivity contribution in [2.24, 2.45) is 11.8 Å². The Kier molecular flexibility index (Phi) is 5.52. The van der Waals surface area contributed by atoms with Crippen LogP contribution < -0.4 is 9.62 Å². The topological polar surface area (TPSA) is 75.2 Å². The highest BCUT2D eigenvalue weighted by molar-refractivity contribution is 7.89. The largest absolute Gasteiger partial charge is 0.341 e. The van der Waals surface area contributed by atoms with Crippen LogP contribution in [0, 0.1) is 11.8 Å². The van der Waals surface area contributed by atoms with E-state index in [1.807, 2.05) is 13.8 Å². The molecule has 2 heterocycles. The van der Waals surface area contributed by atoms with Gasteiger partial charge in [0.2, 0.25) is 16.0 Å². The second-order valence-electron chi connectivity index (χ2n) is 6.00. The third-order valence-electron chi connectivity index (χ3n) is 3.59. The van der Waals surface area contributed by atoms with Crippen LogP contribution in [0.1, 0.15) is 26.7 Å². The summed E-state index contributed by atoms with van der Waals surface area (Å²) in [6, 6.07) is 1.81. The summed E-state index contributed by atoms with van der Waals surface area (Å²) in [4.78, 5) is 10.6. The second kappa shape index (κ2) is 7.17. The monoisotopic (exact) mass is 312 g/mol. The first-order chi connectivity index (χ1) is 9.96. The standard InChI is InChI=1S/C14H24N4O2S/c1-12(2)11-21(19,20)17-10-13-4-8-18(9-5-13)14-15-6-3-7-16-14/h3,6-7,12-13,17H,4-5,8-11H2,1-2H3. The molecule has 118 valence electrons. The molecule has 1 N–H and O–H groups in total.